The van der Waals surface area contributed by atoms with Crippen molar-refractivity contribution >= 4 is 28.7 Å². The van der Waals surface area contributed by atoms with Crippen molar-refractivity contribution in [2.45, 2.75) is 33.2 Å². The lowest BCUT2D eigenvalue weighted by molar-refractivity contribution is -0.132. The fraction of sp³-hybridized carbons (Fsp3) is 0.400. The Kier molecular flexibility index (Phi) is 5.23. The van der Waals surface area contributed by atoms with Gasteiger partial charge in [-0.25, -0.2) is 0 Å². The molecule has 0 saturated carbocycles. The summed E-state index contributed by atoms with van der Waals surface area (Å²) >= 11 is 1.42. The van der Waals surface area contributed by atoms with Crippen molar-refractivity contribution in [3.05, 3.63) is 51.7 Å². The van der Waals surface area contributed by atoms with Crippen LogP contribution < -0.4 is 4.90 Å². The lowest BCUT2D eigenvalue weighted by Gasteiger charge is -2.41. The number of anilines is 1. The second-order valence-electron chi connectivity index (χ2n) is 6.72. The van der Waals surface area contributed by atoms with E-state index in [0.717, 1.165) is 30.1 Å². The summed E-state index contributed by atoms with van der Waals surface area (Å²) in [5, 5.41) is 1.92. The maximum Gasteiger partial charge on any atom is 0.227 e. The number of nitrogens with zero attached hydrogens (tertiary/aromatic N) is 2. The van der Waals surface area contributed by atoms with Crippen LogP contribution in [0.5, 0.6) is 0 Å². The highest BCUT2D eigenvalue weighted by molar-refractivity contribution is 7.12. The molecule has 5 heteroatoms. The van der Waals surface area contributed by atoms with Crippen molar-refractivity contribution in [2.24, 2.45) is 0 Å². The number of rotatable bonds is 4. The second-order valence-corrected chi connectivity index (χ2v) is 7.63. The van der Waals surface area contributed by atoms with Gasteiger partial charge in [-0.2, -0.15) is 0 Å². The van der Waals surface area contributed by atoms with Gasteiger partial charge in [0.15, 0.2) is 5.78 Å². The molecule has 0 bridgehead atoms. The number of benzene rings is 1. The molecule has 1 aliphatic rings. The van der Waals surface area contributed by atoms with Crippen LogP contribution in [0.4, 0.5) is 5.69 Å². The summed E-state index contributed by atoms with van der Waals surface area (Å²) in [5.41, 5.74) is 3.46. The van der Waals surface area contributed by atoms with Gasteiger partial charge in [0.1, 0.15) is 0 Å². The zero-order valence-electron chi connectivity index (χ0n) is 15.0. The van der Waals surface area contributed by atoms with Crippen molar-refractivity contribution in [1.82, 2.24) is 4.90 Å². The fourth-order valence-corrected chi connectivity index (χ4v) is 4.21. The topological polar surface area (TPSA) is 40.6 Å². The SMILES string of the molecule is CC(=O)c1cc(CC(=O)N2CCN(c3ccccc3C)CC2C)cs1. The van der Waals surface area contributed by atoms with Crippen molar-refractivity contribution in [1.29, 1.82) is 0 Å². The first-order valence-corrected chi connectivity index (χ1v) is 9.52. The Labute approximate surface area is 153 Å². The third kappa shape index (κ3) is 3.93. The minimum atomic E-state index is 0.0592. The molecule has 1 aliphatic heterocycles. The lowest BCUT2D eigenvalue weighted by Crippen LogP contribution is -2.54. The molecular formula is C20H24N2O2S. The number of thiophene rings is 1. The van der Waals surface area contributed by atoms with E-state index < -0.39 is 0 Å². The molecule has 4 nitrogen and oxygen atoms in total. The average Bonchev–Trinajstić information content (AvgIpc) is 3.04. The van der Waals surface area contributed by atoms with Crippen LogP contribution in [0, 0.1) is 6.92 Å². The molecule has 1 atom stereocenters. The van der Waals surface area contributed by atoms with Crippen molar-refractivity contribution in [3.63, 3.8) is 0 Å². The van der Waals surface area contributed by atoms with E-state index in [1.165, 1.54) is 22.6 Å². The molecule has 0 radical (unpaired) electrons. The van der Waals surface area contributed by atoms with Gasteiger partial charge < -0.3 is 9.80 Å². The molecule has 2 heterocycles. The molecule has 1 amide bonds. The van der Waals surface area contributed by atoms with Crippen LogP contribution in [-0.4, -0.2) is 42.3 Å². The number of carbonyl (C=O) groups excluding carboxylic acids is 2. The highest BCUT2D eigenvalue weighted by Gasteiger charge is 2.28. The number of hydrogen-bond donors (Lipinski definition) is 0. The minimum Gasteiger partial charge on any atom is -0.367 e. The molecule has 1 aromatic heterocycles. The number of amides is 1. The molecule has 1 aromatic carbocycles. The van der Waals surface area contributed by atoms with E-state index >= 15 is 0 Å². The Morgan fingerprint density at radius 1 is 1.24 bits per heavy atom. The number of hydrogen-bond acceptors (Lipinski definition) is 4. The number of aryl methyl sites for hydroxylation is 1. The first-order valence-electron chi connectivity index (χ1n) is 8.64. The molecule has 0 N–H and O–H groups in total. The smallest absolute Gasteiger partial charge is 0.227 e. The molecular weight excluding hydrogens is 332 g/mol. The van der Waals surface area contributed by atoms with Crippen LogP contribution in [0.3, 0.4) is 0 Å². The molecule has 0 spiro atoms. The number of para-hydroxylation sites is 1. The summed E-state index contributed by atoms with van der Waals surface area (Å²) in [7, 11) is 0. The second kappa shape index (κ2) is 7.40. The molecule has 1 unspecified atom stereocenters. The Morgan fingerprint density at radius 2 is 2.00 bits per heavy atom. The molecule has 25 heavy (non-hydrogen) atoms. The van der Waals surface area contributed by atoms with Gasteiger partial charge in [0.2, 0.25) is 5.91 Å². The largest absolute Gasteiger partial charge is 0.367 e. The molecule has 3 rings (SSSR count). The van der Waals surface area contributed by atoms with Crippen molar-refractivity contribution in [2.75, 3.05) is 24.5 Å². The Hall–Kier alpha value is -2.14. The van der Waals surface area contributed by atoms with Crippen LogP contribution in [-0.2, 0) is 11.2 Å². The van der Waals surface area contributed by atoms with E-state index in [-0.39, 0.29) is 17.7 Å². The van der Waals surface area contributed by atoms with Gasteiger partial charge >= 0.3 is 0 Å². The monoisotopic (exact) mass is 356 g/mol. The van der Waals surface area contributed by atoms with Gasteiger partial charge in [-0.15, -0.1) is 11.3 Å². The zero-order valence-corrected chi connectivity index (χ0v) is 15.8. The van der Waals surface area contributed by atoms with Crippen LogP contribution in [0.15, 0.2) is 35.7 Å². The Morgan fingerprint density at radius 3 is 2.64 bits per heavy atom. The summed E-state index contributed by atoms with van der Waals surface area (Å²) in [5.74, 6) is 0.203. The van der Waals surface area contributed by atoms with E-state index in [0.29, 0.717) is 6.42 Å². The van der Waals surface area contributed by atoms with Crippen LogP contribution in [0.2, 0.25) is 0 Å². The number of ketones is 1. The van der Waals surface area contributed by atoms with Crippen LogP contribution in [0.1, 0.15) is 34.6 Å². The predicted molar refractivity (Wildman–Crippen MR) is 103 cm³/mol. The highest BCUT2D eigenvalue weighted by atomic mass is 32.1. The molecule has 1 fully saturated rings. The number of Topliss-reactive ketones (excluding diaryl/α,β-unsaturated/α-hetero) is 1. The third-order valence-electron chi connectivity index (χ3n) is 4.76. The first-order chi connectivity index (χ1) is 12.0. The first kappa shape index (κ1) is 17.7. The number of piperazine rings is 1. The normalized spacial score (nSPS) is 17.6. The van der Waals surface area contributed by atoms with Gasteiger partial charge in [0.25, 0.3) is 0 Å². The molecule has 132 valence electrons. The highest BCUT2D eigenvalue weighted by Crippen LogP contribution is 2.24. The summed E-state index contributed by atoms with van der Waals surface area (Å²) < 4.78 is 0. The maximum absolute atomic E-state index is 12.7. The van der Waals surface area contributed by atoms with E-state index in [9.17, 15) is 9.59 Å². The van der Waals surface area contributed by atoms with Gasteiger partial charge in [0, 0.05) is 31.4 Å². The van der Waals surface area contributed by atoms with Gasteiger partial charge in [0.05, 0.1) is 11.3 Å². The molecule has 1 saturated heterocycles. The maximum atomic E-state index is 12.7. The zero-order chi connectivity index (χ0) is 18.0. The van der Waals surface area contributed by atoms with E-state index in [1.807, 2.05) is 16.3 Å². The summed E-state index contributed by atoms with van der Waals surface area (Å²) in [6.07, 6.45) is 0.373. The quantitative estimate of drug-likeness (QED) is 0.787. The third-order valence-corrected chi connectivity index (χ3v) is 5.84. The van der Waals surface area contributed by atoms with E-state index in [4.69, 9.17) is 0 Å². The fourth-order valence-electron chi connectivity index (χ4n) is 3.39. The standard InChI is InChI=1S/C20H24N2O2S/c1-14-6-4-5-7-18(14)21-8-9-22(15(2)12-21)20(24)11-17-10-19(16(3)23)25-13-17/h4-7,10,13,15H,8-9,11-12H2,1-3H3. The molecule has 0 aliphatic carbocycles. The lowest BCUT2D eigenvalue weighted by atomic mass is 10.1. The Bertz CT molecular complexity index is 784. The van der Waals surface area contributed by atoms with E-state index in [2.05, 4.69) is 43.0 Å². The van der Waals surface area contributed by atoms with Crippen LogP contribution in [0.25, 0.3) is 0 Å². The van der Waals surface area contributed by atoms with Gasteiger partial charge in [-0.1, -0.05) is 18.2 Å². The van der Waals surface area contributed by atoms with Gasteiger partial charge in [-0.3, -0.25) is 9.59 Å². The summed E-state index contributed by atoms with van der Waals surface area (Å²) in [6, 6.07) is 10.4. The van der Waals surface area contributed by atoms with Crippen molar-refractivity contribution in [3.8, 4) is 0 Å². The van der Waals surface area contributed by atoms with Crippen molar-refractivity contribution < 1.29 is 9.59 Å². The van der Waals surface area contributed by atoms with Crippen LogP contribution >= 0.6 is 11.3 Å². The predicted octanol–water partition coefficient (Wildman–Crippen LogP) is 3.54. The molecule has 2 aromatic rings. The van der Waals surface area contributed by atoms with Gasteiger partial charge in [-0.05, 0) is 49.4 Å². The Balaban J connectivity index is 1.63. The minimum absolute atomic E-state index is 0.0592. The number of carbonyl (C=O) groups is 2. The van der Waals surface area contributed by atoms with E-state index in [1.54, 1.807) is 6.92 Å². The summed E-state index contributed by atoms with van der Waals surface area (Å²) in [6.45, 7) is 8.22. The summed E-state index contributed by atoms with van der Waals surface area (Å²) in [4.78, 5) is 29.2. The average molecular weight is 356 g/mol.